The average molecular weight is 761 g/mol. The fourth-order valence-corrected chi connectivity index (χ4v) is 8.62. The Morgan fingerprint density at radius 3 is 1.73 bits per heavy atom. The number of nitrogens with zero attached hydrogens (tertiary/aromatic N) is 2. The van der Waals surface area contributed by atoms with Crippen molar-refractivity contribution in [1.29, 1.82) is 0 Å². The summed E-state index contributed by atoms with van der Waals surface area (Å²) in [6, 6.07) is 50.6. The first-order chi connectivity index (χ1) is 32.6. The maximum Gasteiger partial charge on any atom is 0.143 e. The van der Waals surface area contributed by atoms with Crippen molar-refractivity contribution in [3.05, 3.63) is 218 Å². The van der Waals surface area contributed by atoms with Crippen LogP contribution in [0.25, 0.3) is 93.2 Å². The van der Waals surface area contributed by atoms with Gasteiger partial charge in [-0.25, -0.2) is 0 Å². The maximum absolute atomic E-state index is 9.88. The van der Waals surface area contributed by atoms with E-state index in [1.54, 1.807) is 22.8 Å². The summed E-state index contributed by atoms with van der Waals surface area (Å²) in [5.41, 5.74) is 4.68. The minimum Gasteiger partial charge on any atom is -0.455 e. The van der Waals surface area contributed by atoms with Crippen LogP contribution in [0.2, 0.25) is 0 Å². The Morgan fingerprint density at radius 2 is 0.983 bits per heavy atom. The number of anilines is 3. The third kappa shape index (κ3) is 5.36. The summed E-state index contributed by atoms with van der Waals surface area (Å²) >= 11 is 0. The van der Waals surface area contributed by atoms with Gasteiger partial charge in [-0.2, -0.15) is 0 Å². The number of para-hydroxylation sites is 3. The van der Waals surface area contributed by atoms with Crippen LogP contribution in [0, 0.1) is 0 Å². The monoisotopic (exact) mass is 760 g/mol. The van der Waals surface area contributed by atoms with Crippen molar-refractivity contribution < 1.29 is 15.4 Å². The van der Waals surface area contributed by atoms with Gasteiger partial charge in [-0.3, -0.25) is 0 Å². The fraction of sp³-hybridized carbons (Fsp3) is 0. The van der Waals surface area contributed by atoms with Gasteiger partial charge in [0.1, 0.15) is 11.2 Å². The van der Waals surface area contributed by atoms with E-state index in [0.717, 1.165) is 48.7 Å². The first-order valence-corrected chi connectivity index (χ1v) is 19.5. The molecule has 0 atom stereocenters. The van der Waals surface area contributed by atoms with Crippen molar-refractivity contribution >= 4 is 82.4 Å². The second-order valence-electron chi connectivity index (χ2n) is 14.6. The van der Waals surface area contributed by atoms with Gasteiger partial charge in [0.25, 0.3) is 0 Å². The molecule has 59 heavy (non-hydrogen) atoms. The van der Waals surface area contributed by atoms with Gasteiger partial charge >= 0.3 is 0 Å². The molecule has 0 aliphatic rings. The lowest BCUT2D eigenvalue weighted by molar-refractivity contribution is 0.672. The smallest absolute Gasteiger partial charge is 0.143 e. The van der Waals surface area contributed by atoms with Gasteiger partial charge in [0.05, 0.1) is 27.7 Å². The van der Waals surface area contributed by atoms with Crippen LogP contribution < -0.4 is 4.90 Å². The summed E-state index contributed by atoms with van der Waals surface area (Å²) in [7, 11) is 0. The van der Waals surface area contributed by atoms with E-state index in [4.69, 9.17) is 4.42 Å². The lowest BCUT2D eigenvalue weighted by Crippen LogP contribution is -2.11. The standard InChI is InChI=1S/C56H36N2O/c1-3-15-44-37(12-1)14-11-20-45(44)39-24-28-41(29-25-39)57(42-30-32-43(33-31-42)58-53-22-9-6-18-48(53)49-19-7-10-23-54(49)58)52-21-8-5-16-46(52)40-27-35-55-51(36-40)50-34-26-38-13-2-4-17-47(38)56(50)59-55/h1-36H/i24D,25D,28D,29D,30D,31D,32D,33D. The highest BCUT2D eigenvalue weighted by atomic mass is 16.3. The van der Waals surface area contributed by atoms with Gasteiger partial charge in [0.15, 0.2) is 0 Å². The lowest BCUT2D eigenvalue weighted by Gasteiger charge is -2.28. The zero-order chi connectivity index (χ0) is 45.8. The average Bonchev–Trinajstić information content (AvgIpc) is 3.91. The number of aromatic nitrogens is 1. The van der Waals surface area contributed by atoms with Gasteiger partial charge in [0.2, 0.25) is 0 Å². The summed E-state index contributed by atoms with van der Waals surface area (Å²) in [4.78, 5) is 1.39. The van der Waals surface area contributed by atoms with Crippen molar-refractivity contribution in [3.8, 4) is 27.9 Å². The third-order valence-corrected chi connectivity index (χ3v) is 11.3. The van der Waals surface area contributed by atoms with E-state index in [0.29, 0.717) is 39.0 Å². The predicted octanol–water partition coefficient (Wildman–Crippen LogP) is 15.8. The SMILES string of the molecule is [2H]c1c([2H])c(N(c2ccccc2-c2ccc3oc4c5ccccc5ccc4c3c2)c2c([2H])c([2H])c(-n3c4ccccc4c4ccccc43)c([2H])c2[2H])c([2H])c([2H])c1-c1cccc2ccccc12. The Balaban J connectivity index is 1.14. The molecule has 0 spiro atoms. The molecule has 0 N–H and O–H groups in total. The molecule has 12 rings (SSSR count). The molecule has 10 aromatic carbocycles. The highest BCUT2D eigenvalue weighted by Crippen LogP contribution is 2.44. The number of fused-ring (bicyclic) bond motifs is 9. The van der Waals surface area contributed by atoms with Crippen LogP contribution in [0.1, 0.15) is 11.0 Å². The minimum atomic E-state index is -0.425. The van der Waals surface area contributed by atoms with Gasteiger partial charge < -0.3 is 13.9 Å². The molecular formula is C56H36N2O. The van der Waals surface area contributed by atoms with Crippen LogP contribution in [-0.2, 0) is 0 Å². The van der Waals surface area contributed by atoms with Crippen molar-refractivity contribution in [2.45, 2.75) is 0 Å². The summed E-state index contributed by atoms with van der Waals surface area (Å²) < 4.78 is 86.3. The minimum absolute atomic E-state index is 0.0417. The summed E-state index contributed by atoms with van der Waals surface area (Å²) in [6.07, 6.45) is 0. The van der Waals surface area contributed by atoms with Crippen LogP contribution in [0.3, 0.4) is 0 Å². The van der Waals surface area contributed by atoms with E-state index in [2.05, 4.69) is 6.07 Å². The second-order valence-corrected chi connectivity index (χ2v) is 14.6. The van der Waals surface area contributed by atoms with E-state index < -0.39 is 24.2 Å². The third-order valence-electron chi connectivity index (χ3n) is 11.3. The Labute approximate surface area is 352 Å². The number of hydrogen-bond acceptors (Lipinski definition) is 2. The van der Waals surface area contributed by atoms with Crippen LogP contribution >= 0.6 is 0 Å². The molecule has 0 aliphatic heterocycles. The summed E-state index contributed by atoms with van der Waals surface area (Å²) in [5, 5.41) is 7.20. The van der Waals surface area contributed by atoms with Crippen LogP contribution in [0.15, 0.2) is 223 Å². The Bertz CT molecular complexity index is 3950. The van der Waals surface area contributed by atoms with E-state index in [1.165, 1.54) is 4.90 Å². The van der Waals surface area contributed by atoms with Crippen molar-refractivity contribution in [3.63, 3.8) is 0 Å². The Hall–Kier alpha value is -7.88. The number of benzene rings is 10. The highest BCUT2D eigenvalue weighted by molar-refractivity contribution is 6.16. The van der Waals surface area contributed by atoms with Gasteiger partial charge in [-0.05, 0) is 106 Å². The van der Waals surface area contributed by atoms with Crippen molar-refractivity contribution in [2.75, 3.05) is 4.90 Å². The molecule has 0 saturated carbocycles. The predicted molar refractivity (Wildman–Crippen MR) is 249 cm³/mol. The fourth-order valence-electron chi connectivity index (χ4n) is 8.62. The highest BCUT2D eigenvalue weighted by Gasteiger charge is 2.20. The number of furan rings is 1. The van der Waals surface area contributed by atoms with E-state index in [9.17, 15) is 11.0 Å². The molecule has 0 saturated heterocycles. The quantitative estimate of drug-likeness (QED) is 0.168. The van der Waals surface area contributed by atoms with Crippen molar-refractivity contribution in [2.24, 2.45) is 0 Å². The van der Waals surface area contributed by atoms with Crippen LogP contribution in [0.4, 0.5) is 17.1 Å². The zero-order valence-corrected chi connectivity index (χ0v) is 31.5. The Kier molecular flexibility index (Phi) is 5.92. The molecule has 0 amide bonds. The first-order valence-electron chi connectivity index (χ1n) is 23.5. The lowest BCUT2D eigenvalue weighted by atomic mass is 9.97. The summed E-state index contributed by atoms with van der Waals surface area (Å²) in [6.45, 7) is 0. The van der Waals surface area contributed by atoms with Gasteiger partial charge in [-0.1, -0.05) is 146 Å². The largest absolute Gasteiger partial charge is 0.455 e. The second kappa shape index (κ2) is 13.4. The molecule has 0 aliphatic carbocycles. The molecule has 3 heteroatoms. The normalized spacial score (nSPS) is 13.6. The molecule has 2 heterocycles. The van der Waals surface area contributed by atoms with E-state index in [-0.39, 0.29) is 46.8 Å². The first kappa shape index (κ1) is 26.1. The zero-order valence-electron chi connectivity index (χ0n) is 39.5. The molecule has 3 nitrogen and oxygen atoms in total. The molecule has 0 bridgehead atoms. The van der Waals surface area contributed by atoms with Crippen LogP contribution in [-0.4, -0.2) is 4.57 Å². The molecule has 2 aromatic heterocycles. The molecule has 276 valence electrons. The van der Waals surface area contributed by atoms with Gasteiger partial charge in [-0.15, -0.1) is 0 Å². The van der Waals surface area contributed by atoms with Crippen LogP contribution in [0.5, 0.6) is 0 Å². The molecular weight excluding hydrogens is 717 g/mol. The maximum atomic E-state index is 9.88. The molecule has 12 aromatic rings. The van der Waals surface area contributed by atoms with Crippen molar-refractivity contribution in [1.82, 2.24) is 4.57 Å². The topological polar surface area (TPSA) is 21.3 Å². The van der Waals surface area contributed by atoms with E-state index in [1.807, 2.05) is 146 Å². The Morgan fingerprint density at radius 1 is 0.407 bits per heavy atom. The van der Waals surface area contributed by atoms with Gasteiger partial charge in [0, 0.05) is 49.6 Å². The summed E-state index contributed by atoms with van der Waals surface area (Å²) in [5.74, 6) is 0. The molecule has 0 radical (unpaired) electrons. The number of hydrogen-bond donors (Lipinski definition) is 0. The molecule has 0 fully saturated rings. The number of rotatable bonds is 6. The van der Waals surface area contributed by atoms with E-state index >= 15 is 0 Å². The molecule has 0 unspecified atom stereocenters.